The number of rotatable bonds is 6. The monoisotopic (exact) mass is 322 g/mol. The molecule has 0 bridgehead atoms. The topological polar surface area (TPSA) is 83.9 Å². The fourth-order valence-electron chi connectivity index (χ4n) is 2.11. The molecule has 2 aromatic heterocycles. The van der Waals surface area contributed by atoms with Crippen molar-refractivity contribution in [3.8, 4) is 5.82 Å². The molecule has 0 aliphatic carbocycles. The highest BCUT2D eigenvalue weighted by Crippen LogP contribution is 2.06. The minimum atomic E-state index is -0.239. The highest BCUT2D eigenvalue weighted by Gasteiger charge is 2.01. The van der Waals surface area contributed by atoms with Crippen LogP contribution in [0.1, 0.15) is 0 Å². The number of aromatic nitrogens is 3. The van der Waals surface area contributed by atoms with Gasteiger partial charge in [0.05, 0.1) is 0 Å². The Balaban J connectivity index is 1.39. The Morgan fingerprint density at radius 3 is 2.42 bits per heavy atom. The van der Waals surface area contributed by atoms with Crippen LogP contribution in [-0.2, 0) is 0 Å². The third-order valence-electron chi connectivity index (χ3n) is 3.27. The van der Waals surface area contributed by atoms with E-state index < -0.39 is 0 Å². The van der Waals surface area contributed by atoms with Crippen LogP contribution in [0.3, 0.4) is 0 Å². The summed E-state index contributed by atoms with van der Waals surface area (Å²) in [6.45, 7) is 1.03. The molecular weight excluding hydrogens is 304 g/mol. The SMILES string of the molecule is O=C(NCCNc1ccc(-n2cccc2)nn1)Nc1ccccc1. The van der Waals surface area contributed by atoms with Crippen molar-refractivity contribution in [1.82, 2.24) is 20.1 Å². The summed E-state index contributed by atoms with van der Waals surface area (Å²) in [4.78, 5) is 11.7. The lowest BCUT2D eigenvalue weighted by Gasteiger charge is -2.09. The molecule has 0 saturated carbocycles. The third kappa shape index (κ3) is 4.33. The maximum absolute atomic E-state index is 11.7. The van der Waals surface area contributed by atoms with E-state index >= 15 is 0 Å². The zero-order chi connectivity index (χ0) is 16.6. The number of amides is 2. The van der Waals surface area contributed by atoms with E-state index in [9.17, 15) is 4.79 Å². The van der Waals surface area contributed by atoms with Crippen molar-refractivity contribution in [2.75, 3.05) is 23.7 Å². The molecule has 0 aliphatic rings. The number of nitrogens with zero attached hydrogens (tertiary/aromatic N) is 3. The summed E-state index contributed by atoms with van der Waals surface area (Å²) in [5, 5.41) is 16.9. The number of nitrogens with one attached hydrogen (secondary N) is 3. The smallest absolute Gasteiger partial charge is 0.319 e. The summed E-state index contributed by atoms with van der Waals surface area (Å²) >= 11 is 0. The minimum Gasteiger partial charge on any atom is -0.367 e. The second-order valence-electron chi connectivity index (χ2n) is 5.04. The summed E-state index contributed by atoms with van der Waals surface area (Å²) in [5.74, 6) is 1.42. The van der Waals surface area contributed by atoms with E-state index in [-0.39, 0.29) is 6.03 Å². The number of hydrogen-bond acceptors (Lipinski definition) is 4. The molecule has 0 fully saturated rings. The lowest BCUT2D eigenvalue weighted by Crippen LogP contribution is -2.32. The van der Waals surface area contributed by atoms with Gasteiger partial charge in [-0.3, -0.25) is 0 Å². The van der Waals surface area contributed by atoms with Crippen molar-refractivity contribution in [3.63, 3.8) is 0 Å². The molecule has 122 valence electrons. The average molecular weight is 322 g/mol. The van der Waals surface area contributed by atoms with Gasteiger partial charge in [-0.1, -0.05) is 18.2 Å². The highest BCUT2D eigenvalue weighted by atomic mass is 16.2. The number of hydrogen-bond donors (Lipinski definition) is 3. The van der Waals surface area contributed by atoms with Crippen LogP contribution >= 0.6 is 0 Å². The van der Waals surface area contributed by atoms with E-state index in [0.717, 1.165) is 11.5 Å². The Labute approximate surface area is 139 Å². The Kier molecular flexibility index (Phi) is 5.03. The van der Waals surface area contributed by atoms with Crippen molar-refractivity contribution < 1.29 is 4.79 Å². The molecule has 0 aliphatic heterocycles. The molecule has 3 rings (SSSR count). The van der Waals surface area contributed by atoms with Gasteiger partial charge in [-0.2, -0.15) is 0 Å². The van der Waals surface area contributed by atoms with Crippen molar-refractivity contribution in [1.29, 1.82) is 0 Å². The van der Waals surface area contributed by atoms with Crippen molar-refractivity contribution in [2.24, 2.45) is 0 Å². The first-order chi connectivity index (χ1) is 11.8. The minimum absolute atomic E-state index is 0.239. The van der Waals surface area contributed by atoms with Crippen LogP contribution in [0.25, 0.3) is 5.82 Å². The quantitative estimate of drug-likeness (QED) is 0.609. The lowest BCUT2D eigenvalue weighted by molar-refractivity contribution is 0.252. The molecule has 7 nitrogen and oxygen atoms in total. The number of para-hydroxylation sites is 1. The molecule has 7 heteroatoms. The third-order valence-corrected chi connectivity index (χ3v) is 3.27. The van der Waals surface area contributed by atoms with Crippen LogP contribution in [0.5, 0.6) is 0 Å². The van der Waals surface area contributed by atoms with Gasteiger partial charge < -0.3 is 20.5 Å². The molecule has 3 aromatic rings. The van der Waals surface area contributed by atoms with Crippen LogP contribution in [0.4, 0.5) is 16.3 Å². The van der Waals surface area contributed by atoms with Crippen molar-refractivity contribution in [3.05, 3.63) is 67.0 Å². The Morgan fingerprint density at radius 2 is 1.71 bits per heavy atom. The first-order valence-electron chi connectivity index (χ1n) is 7.62. The van der Waals surface area contributed by atoms with Gasteiger partial charge in [-0.15, -0.1) is 10.2 Å². The Hall–Kier alpha value is -3.35. The molecule has 0 radical (unpaired) electrons. The highest BCUT2D eigenvalue weighted by molar-refractivity contribution is 5.89. The van der Waals surface area contributed by atoms with Gasteiger partial charge in [-0.25, -0.2) is 4.79 Å². The van der Waals surface area contributed by atoms with E-state index in [1.165, 1.54) is 0 Å². The van der Waals surface area contributed by atoms with E-state index in [0.29, 0.717) is 18.9 Å². The van der Waals surface area contributed by atoms with Gasteiger partial charge in [0.25, 0.3) is 0 Å². The van der Waals surface area contributed by atoms with Gasteiger partial charge in [0.1, 0.15) is 5.82 Å². The standard InChI is InChI=1S/C17H18N6O/c24-17(20-14-6-2-1-3-7-14)19-11-10-18-15-8-9-16(22-21-15)23-12-4-5-13-23/h1-9,12-13H,10-11H2,(H,18,21)(H2,19,20,24). The maximum Gasteiger partial charge on any atom is 0.319 e. The van der Waals surface area contributed by atoms with Crippen LogP contribution in [0, 0.1) is 0 Å². The average Bonchev–Trinajstić information content (AvgIpc) is 3.15. The maximum atomic E-state index is 11.7. The number of carbonyl (C=O) groups excluding carboxylic acids is 1. The van der Waals surface area contributed by atoms with Crippen molar-refractivity contribution in [2.45, 2.75) is 0 Å². The second kappa shape index (κ2) is 7.77. The summed E-state index contributed by atoms with van der Waals surface area (Å²) in [5.41, 5.74) is 0.759. The van der Waals surface area contributed by atoms with Crippen LogP contribution < -0.4 is 16.0 Å². The van der Waals surface area contributed by atoms with Gasteiger partial charge >= 0.3 is 6.03 Å². The summed E-state index contributed by atoms with van der Waals surface area (Å²) in [6, 6.07) is 16.7. The summed E-state index contributed by atoms with van der Waals surface area (Å²) < 4.78 is 1.88. The number of anilines is 2. The van der Waals surface area contributed by atoms with Gasteiger partial charge in [0.2, 0.25) is 0 Å². The summed E-state index contributed by atoms with van der Waals surface area (Å²) in [7, 11) is 0. The Morgan fingerprint density at radius 1 is 0.917 bits per heavy atom. The predicted octanol–water partition coefficient (Wildman–Crippen LogP) is 2.50. The van der Waals surface area contributed by atoms with E-state index in [4.69, 9.17) is 0 Å². The molecule has 2 heterocycles. The van der Waals surface area contributed by atoms with E-state index in [1.807, 2.05) is 71.6 Å². The molecule has 3 N–H and O–H groups in total. The fourth-order valence-corrected chi connectivity index (χ4v) is 2.11. The van der Waals surface area contributed by atoms with E-state index in [1.54, 1.807) is 0 Å². The molecule has 2 amide bonds. The van der Waals surface area contributed by atoms with Gasteiger partial charge in [-0.05, 0) is 36.4 Å². The zero-order valence-corrected chi connectivity index (χ0v) is 13.0. The molecule has 0 atom stereocenters. The van der Waals surface area contributed by atoms with Crippen LogP contribution in [-0.4, -0.2) is 33.9 Å². The fraction of sp³-hybridized carbons (Fsp3) is 0.118. The van der Waals surface area contributed by atoms with Crippen molar-refractivity contribution >= 4 is 17.5 Å². The number of carbonyl (C=O) groups is 1. The van der Waals surface area contributed by atoms with Gasteiger partial charge in [0.15, 0.2) is 5.82 Å². The summed E-state index contributed by atoms with van der Waals surface area (Å²) in [6.07, 6.45) is 3.82. The van der Waals surface area contributed by atoms with Crippen LogP contribution in [0.2, 0.25) is 0 Å². The van der Waals surface area contributed by atoms with Gasteiger partial charge in [0, 0.05) is 31.2 Å². The molecule has 0 saturated heterocycles. The number of urea groups is 1. The normalized spacial score (nSPS) is 10.2. The van der Waals surface area contributed by atoms with E-state index in [2.05, 4.69) is 26.1 Å². The lowest BCUT2D eigenvalue weighted by atomic mass is 10.3. The molecule has 0 unspecified atom stereocenters. The first-order valence-corrected chi connectivity index (χ1v) is 7.62. The molecular formula is C17H18N6O. The number of benzene rings is 1. The Bertz CT molecular complexity index is 756. The zero-order valence-electron chi connectivity index (χ0n) is 13.0. The second-order valence-corrected chi connectivity index (χ2v) is 5.04. The van der Waals surface area contributed by atoms with Crippen LogP contribution in [0.15, 0.2) is 67.0 Å². The molecule has 0 spiro atoms. The predicted molar refractivity (Wildman–Crippen MR) is 93.3 cm³/mol. The molecule has 24 heavy (non-hydrogen) atoms. The largest absolute Gasteiger partial charge is 0.367 e. The first kappa shape index (κ1) is 15.5. The molecule has 1 aromatic carbocycles.